The predicted octanol–water partition coefficient (Wildman–Crippen LogP) is 3.18. The molecule has 2 aromatic carbocycles. The standard InChI is InChI=1S/C24H26N4O4S/c1-31-19-9-8-17(12-20(19)32-2)10-11-28-15-18(14-22(28)29)23(30)25-24-27-26-21(33-24)13-16-6-4-3-5-7-16/h3-9,12,18H,10-11,13-15H2,1-2H3,(H,25,27,30)/t18-/m0/s1. The average molecular weight is 467 g/mol. The Bertz CT molecular complexity index is 1120. The van der Waals surface area contributed by atoms with Crippen molar-refractivity contribution >= 4 is 28.3 Å². The molecule has 1 aliphatic rings. The molecule has 1 aromatic heterocycles. The number of carbonyl (C=O) groups is 2. The third-order valence-electron chi connectivity index (χ3n) is 5.60. The first-order chi connectivity index (χ1) is 16.1. The molecular weight excluding hydrogens is 440 g/mol. The van der Waals surface area contributed by atoms with E-state index in [1.165, 1.54) is 11.3 Å². The monoisotopic (exact) mass is 466 g/mol. The normalized spacial score (nSPS) is 15.5. The molecule has 0 bridgehead atoms. The number of nitrogens with zero attached hydrogens (tertiary/aromatic N) is 3. The van der Waals surface area contributed by atoms with Gasteiger partial charge in [0.2, 0.25) is 16.9 Å². The summed E-state index contributed by atoms with van der Waals surface area (Å²) in [6, 6.07) is 15.7. The molecule has 33 heavy (non-hydrogen) atoms. The highest BCUT2D eigenvalue weighted by Crippen LogP contribution is 2.28. The Morgan fingerprint density at radius 1 is 1.09 bits per heavy atom. The van der Waals surface area contributed by atoms with Crippen LogP contribution in [0.3, 0.4) is 0 Å². The van der Waals surface area contributed by atoms with Gasteiger partial charge in [-0.2, -0.15) is 0 Å². The van der Waals surface area contributed by atoms with Crippen LogP contribution in [-0.4, -0.2) is 54.2 Å². The number of likely N-dealkylation sites (tertiary alicyclic amines) is 1. The van der Waals surface area contributed by atoms with Gasteiger partial charge in [0.05, 0.1) is 20.1 Å². The van der Waals surface area contributed by atoms with Gasteiger partial charge in [0.1, 0.15) is 5.01 Å². The Morgan fingerprint density at radius 3 is 2.64 bits per heavy atom. The van der Waals surface area contributed by atoms with Crippen LogP contribution in [-0.2, 0) is 22.4 Å². The van der Waals surface area contributed by atoms with E-state index >= 15 is 0 Å². The number of anilines is 1. The van der Waals surface area contributed by atoms with Crippen molar-refractivity contribution in [1.82, 2.24) is 15.1 Å². The van der Waals surface area contributed by atoms with Crippen molar-refractivity contribution in [1.29, 1.82) is 0 Å². The molecule has 2 heterocycles. The summed E-state index contributed by atoms with van der Waals surface area (Å²) in [5.41, 5.74) is 2.17. The SMILES string of the molecule is COc1ccc(CCN2C[C@@H](C(=O)Nc3nnc(Cc4ccccc4)s3)CC2=O)cc1OC. The first-order valence-electron chi connectivity index (χ1n) is 10.7. The number of ether oxygens (including phenoxy) is 2. The maximum absolute atomic E-state index is 12.7. The summed E-state index contributed by atoms with van der Waals surface area (Å²) in [7, 11) is 3.19. The number of hydrogen-bond acceptors (Lipinski definition) is 7. The first kappa shape index (κ1) is 22.7. The fourth-order valence-corrected chi connectivity index (χ4v) is 4.59. The van der Waals surface area contributed by atoms with Crippen molar-refractivity contribution in [3.05, 3.63) is 64.7 Å². The van der Waals surface area contributed by atoms with Crippen LogP contribution >= 0.6 is 11.3 Å². The Balaban J connectivity index is 1.29. The smallest absolute Gasteiger partial charge is 0.231 e. The molecule has 172 valence electrons. The minimum absolute atomic E-state index is 0.0161. The van der Waals surface area contributed by atoms with E-state index in [4.69, 9.17) is 9.47 Å². The number of aromatic nitrogens is 2. The molecule has 1 fully saturated rings. The second-order valence-electron chi connectivity index (χ2n) is 7.83. The lowest BCUT2D eigenvalue weighted by Crippen LogP contribution is -2.30. The molecule has 1 aliphatic heterocycles. The van der Waals surface area contributed by atoms with E-state index in [1.54, 1.807) is 19.1 Å². The molecule has 0 radical (unpaired) electrons. The van der Waals surface area contributed by atoms with Crippen LogP contribution in [0.15, 0.2) is 48.5 Å². The second kappa shape index (κ2) is 10.4. The van der Waals surface area contributed by atoms with Gasteiger partial charge in [-0.05, 0) is 29.7 Å². The van der Waals surface area contributed by atoms with Crippen LogP contribution in [0.5, 0.6) is 11.5 Å². The molecule has 2 amide bonds. The van der Waals surface area contributed by atoms with Crippen molar-refractivity contribution in [3.8, 4) is 11.5 Å². The molecule has 4 rings (SSSR count). The number of methoxy groups -OCH3 is 2. The fraction of sp³-hybridized carbons (Fsp3) is 0.333. The van der Waals surface area contributed by atoms with Crippen molar-refractivity contribution in [2.75, 3.05) is 32.6 Å². The van der Waals surface area contributed by atoms with Crippen LogP contribution in [0.4, 0.5) is 5.13 Å². The molecule has 1 N–H and O–H groups in total. The number of hydrogen-bond donors (Lipinski definition) is 1. The topological polar surface area (TPSA) is 93.6 Å². The number of benzene rings is 2. The number of carbonyl (C=O) groups excluding carboxylic acids is 2. The summed E-state index contributed by atoms with van der Waals surface area (Å²) in [5.74, 6) is 0.712. The molecule has 1 saturated heterocycles. The highest BCUT2D eigenvalue weighted by molar-refractivity contribution is 7.15. The third-order valence-corrected chi connectivity index (χ3v) is 6.44. The lowest BCUT2D eigenvalue weighted by Gasteiger charge is -2.17. The Kier molecular flexibility index (Phi) is 7.19. The van der Waals surface area contributed by atoms with Gasteiger partial charge in [-0.3, -0.25) is 9.59 Å². The highest BCUT2D eigenvalue weighted by atomic mass is 32.1. The lowest BCUT2D eigenvalue weighted by atomic mass is 10.1. The number of amides is 2. The van der Waals surface area contributed by atoms with E-state index in [9.17, 15) is 9.59 Å². The van der Waals surface area contributed by atoms with Crippen LogP contribution < -0.4 is 14.8 Å². The van der Waals surface area contributed by atoms with Crippen molar-refractivity contribution in [2.24, 2.45) is 5.92 Å². The number of nitrogens with one attached hydrogen (secondary N) is 1. The minimum atomic E-state index is -0.399. The van der Waals surface area contributed by atoms with Crippen LogP contribution in [0.1, 0.15) is 22.6 Å². The molecule has 8 nitrogen and oxygen atoms in total. The summed E-state index contributed by atoms with van der Waals surface area (Å²) in [6.45, 7) is 0.936. The second-order valence-corrected chi connectivity index (χ2v) is 8.89. The van der Waals surface area contributed by atoms with Gasteiger partial charge in [-0.15, -0.1) is 10.2 Å². The van der Waals surface area contributed by atoms with Crippen molar-refractivity contribution in [2.45, 2.75) is 19.3 Å². The van der Waals surface area contributed by atoms with E-state index in [1.807, 2.05) is 48.5 Å². The quantitative estimate of drug-likeness (QED) is 0.521. The first-order valence-corrected chi connectivity index (χ1v) is 11.5. The van der Waals surface area contributed by atoms with Crippen LogP contribution in [0.25, 0.3) is 0 Å². The van der Waals surface area contributed by atoms with Gasteiger partial charge in [-0.1, -0.05) is 47.7 Å². The van der Waals surface area contributed by atoms with Gasteiger partial charge in [0.15, 0.2) is 11.5 Å². The van der Waals surface area contributed by atoms with Gasteiger partial charge < -0.3 is 19.7 Å². The summed E-state index contributed by atoms with van der Waals surface area (Å²) >= 11 is 1.36. The average Bonchev–Trinajstić information content (AvgIpc) is 3.43. The van der Waals surface area contributed by atoms with Gasteiger partial charge >= 0.3 is 0 Å². The largest absolute Gasteiger partial charge is 0.493 e. The minimum Gasteiger partial charge on any atom is -0.493 e. The predicted molar refractivity (Wildman–Crippen MR) is 126 cm³/mol. The Morgan fingerprint density at radius 2 is 1.88 bits per heavy atom. The van der Waals surface area contributed by atoms with E-state index in [2.05, 4.69) is 15.5 Å². The molecule has 0 aliphatic carbocycles. The zero-order valence-corrected chi connectivity index (χ0v) is 19.4. The zero-order chi connectivity index (χ0) is 23.2. The summed E-state index contributed by atoms with van der Waals surface area (Å²) in [4.78, 5) is 26.9. The zero-order valence-electron chi connectivity index (χ0n) is 18.6. The summed E-state index contributed by atoms with van der Waals surface area (Å²) in [5, 5.41) is 12.4. The van der Waals surface area contributed by atoms with Crippen LogP contribution in [0.2, 0.25) is 0 Å². The molecule has 0 unspecified atom stereocenters. The molecule has 3 aromatic rings. The van der Waals surface area contributed by atoms with E-state index in [-0.39, 0.29) is 18.2 Å². The molecular formula is C24H26N4O4S. The van der Waals surface area contributed by atoms with E-state index in [0.29, 0.717) is 42.6 Å². The Hall–Kier alpha value is -3.46. The van der Waals surface area contributed by atoms with E-state index in [0.717, 1.165) is 16.1 Å². The Labute approximate surface area is 196 Å². The molecule has 9 heteroatoms. The van der Waals surface area contributed by atoms with Crippen LogP contribution in [0, 0.1) is 5.92 Å². The maximum atomic E-state index is 12.7. The molecule has 1 atom stereocenters. The maximum Gasteiger partial charge on any atom is 0.231 e. The number of rotatable bonds is 9. The van der Waals surface area contributed by atoms with E-state index < -0.39 is 5.92 Å². The summed E-state index contributed by atoms with van der Waals surface area (Å²) < 4.78 is 10.6. The van der Waals surface area contributed by atoms with Crippen molar-refractivity contribution < 1.29 is 19.1 Å². The van der Waals surface area contributed by atoms with Crippen molar-refractivity contribution in [3.63, 3.8) is 0 Å². The van der Waals surface area contributed by atoms with Gasteiger partial charge in [-0.25, -0.2) is 0 Å². The molecule has 0 spiro atoms. The van der Waals surface area contributed by atoms with Gasteiger partial charge in [0, 0.05) is 25.9 Å². The summed E-state index contributed by atoms with van der Waals surface area (Å²) in [6.07, 6.45) is 1.54. The highest BCUT2D eigenvalue weighted by Gasteiger charge is 2.34. The molecule has 0 saturated carbocycles. The van der Waals surface area contributed by atoms with Gasteiger partial charge in [0.25, 0.3) is 0 Å². The fourth-order valence-electron chi connectivity index (χ4n) is 3.82. The lowest BCUT2D eigenvalue weighted by molar-refractivity contribution is -0.128. The third kappa shape index (κ3) is 5.67.